The van der Waals surface area contributed by atoms with Crippen LogP contribution in [0.5, 0.6) is 46.0 Å². The highest BCUT2D eigenvalue weighted by molar-refractivity contribution is 6.32. The van der Waals surface area contributed by atoms with E-state index in [9.17, 15) is 75.7 Å². The number of primary amides is 1. The number of carboxylic acids is 1. The Bertz CT molecular complexity index is 5160. The lowest BCUT2D eigenvalue weighted by molar-refractivity contribution is -0.350. The largest absolute Gasteiger partial charge is 0.508 e. The molecule has 25 N–H and O–H groups in total. The molecule has 8 aliphatic rings. The predicted octanol–water partition coefficient (Wildman–Crippen LogP) is 0.252. The maximum absolute atomic E-state index is 16.4. The van der Waals surface area contributed by atoms with Crippen molar-refractivity contribution in [1.82, 2.24) is 47.5 Å². The number of rotatable bonds is 20. The summed E-state index contributed by atoms with van der Waals surface area (Å²) in [5.41, 5.74) is 9.90. The number of H-pyrrole nitrogens is 1. The molecule has 3 saturated heterocycles. The van der Waals surface area contributed by atoms with Gasteiger partial charge in [-0.15, -0.1) is 0 Å². The first-order chi connectivity index (χ1) is 58.4. The van der Waals surface area contributed by atoms with E-state index in [4.69, 9.17) is 72.6 Å². The molecule has 0 radical (unpaired) electrons. The van der Waals surface area contributed by atoms with Gasteiger partial charge in [0.25, 0.3) is 0 Å². The van der Waals surface area contributed by atoms with Crippen molar-refractivity contribution < 1.29 is 138 Å². The molecule has 6 aromatic carbocycles. The fraction of sp³-hybridized carbons (Fsp3) is 0.439. The number of aliphatic hydroxyl groups excluding tert-OH is 8. The molecule has 7 amide bonds. The number of aromatic amines is 1. The van der Waals surface area contributed by atoms with E-state index in [0.29, 0.717) is 13.0 Å². The van der Waals surface area contributed by atoms with Crippen molar-refractivity contribution in [2.75, 3.05) is 26.7 Å². The van der Waals surface area contributed by atoms with E-state index in [1.807, 2.05) is 44.3 Å². The number of aliphatic hydroxyl groups is 8. The molecule has 0 spiro atoms. The number of aromatic nitrogens is 1. The summed E-state index contributed by atoms with van der Waals surface area (Å²) in [7, 11) is 1.46. The van der Waals surface area contributed by atoms with Gasteiger partial charge in [-0.3, -0.25) is 33.6 Å². The fourth-order valence-electron chi connectivity index (χ4n) is 15.8. The summed E-state index contributed by atoms with van der Waals surface area (Å²) in [6.07, 6.45) is -26.5. The van der Waals surface area contributed by atoms with Gasteiger partial charge in [0.15, 0.2) is 30.1 Å². The zero-order valence-electron chi connectivity index (χ0n) is 66.4. The van der Waals surface area contributed by atoms with Crippen LogP contribution in [0.25, 0.3) is 22.0 Å². The molecule has 11 bridgehead atoms. The molecule has 23 atom stereocenters. The van der Waals surface area contributed by atoms with Crippen LogP contribution in [0.1, 0.15) is 111 Å². The number of likely N-dealkylation sites (N-methyl/N-ethyl adjacent to an activating group) is 1. The number of nitrogens with one attached hydrogen (secondary N) is 9. The minimum Gasteiger partial charge on any atom is -0.508 e. The normalized spacial score (nSPS) is 30.1. The van der Waals surface area contributed by atoms with E-state index in [1.54, 1.807) is 0 Å². The van der Waals surface area contributed by atoms with Gasteiger partial charge in [-0.2, -0.15) is 0 Å². The lowest BCUT2D eigenvalue weighted by Crippen LogP contribution is -2.65. The molecule has 9 heterocycles. The highest BCUT2D eigenvalue weighted by Crippen LogP contribution is 2.50. The van der Waals surface area contributed by atoms with Crippen LogP contribution in [0, 0.1) is 5.92 Å². The standard InChI is InChI=1S/C82H95Cl2N11O28/c1-31(2)18-45(87-5)73(108)94-61-63(101)34-11-14-49(42(83)20-34)117-51-22-37-23-52(70(51)122-81-68(106)66(104)71(54(30-96)120-81)123-80-67(105)65(103)64(102)53(119-80)29-88-17-16-36-28-89-44-9-7-6-8-39(36)44)118-50-15-12-35(21-43(50)84)69(121-56-27-82(4,86)72(107)32(3)116-56)62-78(113)93-60(79(114)115)41-24-38(97)25-48(99)57(41)40-19-33(10-13-47(40)98)58(75(110)95-62)92-76(111)59(37)91-74(109)46(26-55(85)100)90-77(61)112/h6-15,19-25,28,31-32,45-46,53-54,56,58-69,71-72,80-81,87-89,96-99,101-107H,16-18,26-27,29-30,86H2,1-5H3,(H2,85,100)(H,90,112)(H,91,109)(H,92,111)(H,93,113)(H,94,108)(H,95,110)(H,114,115)/t32-,45+,46-,53+,54+,56?,58+,59+,60+,61+,62-,63+,64-,65-,66+,67+,68+,69+,71+,72-,80-,81-,82-/m0/s1. The summed E-state index contributed by atoms with van der Waals surface area (Å²) in [5, 5.41) is 160. The number of aliphatic carboxylic acids is 1. The molecule has 0 saturated carbocycles. The number of carboxylic acid groups (broad SMARTS) is 1. The number of aromatic hydroxyl groups is 3. The molecule has 7 aromatic rings. The third-order valence-corrected chi connectivity index (χ3v) is 22.9. The summed E-state index contributed by atoms with van der Waals surface area (Å²) in [6, 6.07) is 6.69. The number of nitrogens with two attached hydrogens (primary N) is 2. The van der Waals surface area contributed by atoms with Crippen molar-refractivity contribution in [3.05, 3.63) is 153 Å². The third kappa shape index (κ3) is 19.3. The smallest absolute Gasteiger partial charge is 0.330 e. The summed E-state index contributed by atoms with van der Waals surface area (Å²) in [5.74, 6) is -16.6. The quantitative estimate of drug-likeness (QED) is 0.0455. The van der Waals surface area contributed by atoms with Crippen LogP contribution in [-0.4, -0.2) is 250 Å². The molecule has 41 heteroatoms. The number of ether oxygens (including phenoxy) is 8. The lowest BCUT2D eigenvalue weighted by Gasteiger charge is -2.46. The van der Waals surface area contributed by atoms with Gasteiger partial charge in [0.05, 0.1) is 41.3 Å². The van der Waals surface area contributed by atoms with Crippen LogP contribution in [0.15, 0.2) is 109 Å². The highest BCUT2D eigenvalue weighted by Gasteiger charge is 2.53. The summed E-state index contributed by atoms with van der Waals surface area (Å²) in [6.45, 7) is 5.65. The fourth-order valence-corrected chi connectivity index (χ4v) is 16.3. The van der Waals surface area contributed by atoms with Crippen molar-refractivity contribution in [3.8, 4) is 57.1 Å². The van der Waals surface area contributed by atoms with Crippen molar-refractivity contribution in [1.29, 1.82) is 0 Å². The van der Waals surface area contributed by atoms with Crippen LogP contribution in [0.2, 0.25) is 10.0 Å². The van der Waals surface area contributed by atoms with E-state index < -0.39 is 279 Å². The van der Waals surface area contributed by atoms with Gasteiger partial charge in [-0.25, -0.2) is 4.79 Å². The zero-order chi connectivity index (χ0) is 88.6. The summed E-state index contributed by atoms with van der Waals surface area (Å²) in [4.78, 5) is 123. The average Bonchev–Trinajstić information content (AvgIpc) is 1.09. The van der Waals surface area contributed by atoms with Gasteiger partial charge in [0, 0.05) is 58.4 Å². The molecule has 123 heavy (non-hydrogen) atoms. The number of hydrogen-bond donors (Lipinski definition) is 23. The molecular weight excluding hydrogens is 1660 g/mol. The first-order valence-corrected chi connectivity index (χ1v) is 40.0. The van der Waals surface area contributed by atoms with Crippen molar-refractivity contribution >= 4 is 81.4 Å². The van der Waals surface area contributed by atoms with Crippen LogP contribution >= 0.6 is 23.2 Å². The summed E-state index contributed by atoms with van der Waals surface area (Å²) >= 11 is 14.5. The van der Waals surface area contributed by atoms with Gasteiger partial charge in [0.1, 0.15) is 120 Å². The Hall–Kier alpha value is -10.6. The van der Waals surface area contributed by atoms with E-state index >= 15 is 24.0 Å². The van der Waals surface area contributed by atoms with Gasteiger partial charge >= 0.3 is 5.97 Å². The van der Waals surface area contributed by atoms with Crippen LogP contribution in [-0.2, 0) is 68.5 Å². The number of amides is 7. The van der Waals surface area contributed by atoms with E-state index in [-0.39, 0.29) is 42.0 Å². The van der Waals surface area contributed by atoms with Gasteiger partial charge < -0.3 is 158 Å². The Morgan fingerprint density at radius 3 is 1.98 bits per heavy atom. The minimum atomic E-state index is -2.42. The van der Waals surface area contributed by atoms with Gasteiger partial charge in [0.2, 0.25) is 53.4 Å². The van der Waals surface area contributed by atoms with Crippen molar-refractivity contribution in [3.63, 3.8) is 0 Å². The van der Waals surface area contributed by atoms with Crippen LogP contribution in [0.3, 0.4) is 0 Å². The van der Waals surface area contributed by atoms with Crippen LogP contribution in [0.4, 0.5) is 0 Å². The Balaban J connectivity index is 0.975. The lowest BCUT2D eigenvalue weighted by atomic mass is 9.86. The third-order valence-electron chi connectivity index (χ3n) is 22.3. The SMILES string of the molecule is CN[C@H](CC(C)C)C(=O)N[C@H]1C(=O)N[C@@H](CC(N)=O)C(=O)N[C@H]2C(=O)N[C@H]3C(=O)N[C@H](C(=O)N[C@@H](C(=O)O)c4cc(O)cc(O)c4-c4cc3ccc4O)[C@H](OC3C[C@](C)(N)[C@@H](O)[C@H](C)O3)c3ccc(c(Cl)c3)Oc3cc2cc(c3O[C@@H]2O[C@H](CO)[C@@H](O[C@@H]3O[C@H](CNCCc4c[nH]c5ccccc45)[C@H](O)[C@H](O)[C@H]3O)[C@H](O)[C@H]2O)Oc2ccc(cc2Cl)[C@H]1O. The Labute approximate surface area is 710 Å². The zero-order valence-corrected chi connectivity index (χ0v) is 67.9. The number of halogens is 2. The maximum Gasteiger partial charge on any atom is 0.330 e. The number of carbonyl (C=O) groups is 8. The number of fused-ring (bicyclic) bond motifs is 16. The number of benzene rings is 6. The Kier molecular flexibility index (Phi) is 27.4. The second kappa shape index (κ2) is 37.4. The first-order valence-electron chi connectivity index (χ1n) is 39.3. The second-order valence-electron chi connectivity index (χ2n) is 31.7. The number of para-hydroxylation sites is 1. The Morgan fingerprint density at radius 1 is 0.675 bits per heavy atom. The maximum atomic E-state index is 16.4. The molecular formula is C82H95Cl2N11O28. The molecule has 8 aliphatic heterocycles. The van der Waals surface area contributed by atoms with E-state index in [1.165, 1.54) is 33.0 Å². The molecule has 0 aliphatic carbocycles. The molecule has 3 fully saturated rings. The molecule has 1 unspecified atom stereocenters. The Morgan fingerprint density at radius 2 is 1.32 bits per heavy atom. The molecule has 39 nitrogen and oxygen atoms in total. The average molecular weight is 1750 g/mol. The van der Waals surface area contributed by atoms with Gasteiger partial charge in [-0.05, 0) is 135 Å². The van der Waals surface area contributed by atoms with Gasteiger partial charge in [-0.1, -0.05) is 73.4 Å². The summed E-state index contributed by atoms with van der Waals surface area (Å²) < 4.78 is 51.2. The minimum absolute atomic E-state index is 0.127. The number of hydrogen-bond acceptors (Lipinski definition) is 30. The number of phenolic OH excluding ortho intramolecular Hbond substituents is 3. The second-order valence-corrected chi connectivity index (χ2v) is 32.5. The molecule has 1 aromatic heterocycles. The molecule has 15 rings (SSSR count). The van der Waals surface area contributed by atoms with Crippen LogP contribution < -0.4 is 68.2 Å². The number of carbonyl (C=O) groups excluding carboxylic acids is 7. The van der Waals surface area contributed by atoms with Crippen molar-refractivity contribution in [2.45, 2.75) is 193 Å². The predicted molar refractivity (Wildman–Crippen MR) is 430 cm³/mol. The molecule has 660 valence electrons. The van der Waals surface area contributed by atoms with E-state index in [2.05, 4.69) is 47.5 Å². The highest BCUT2D eigenvalue weighted by atomic mass is 35.5. The topological polar surface area (TPSA) is 617 Å². The van der Waals surface area contributed by atoms with E-state index in [0.717, 1.165) is 83.2 Å². The first kappa shape index (κ1) is 90.1. The number of phenols is 3. The monoisotopic (exact) mass is 1750 g/mol. The van der Waals surface area contributed by atoms with Crippen molar-refractivity contribution in [2.24, 2.45) is 17.4 Å².